The highest BCUT2D eigenvalue weighted by Gasteiger charge is 2.15. The third-order valence-corrected chi connectivity index (χ3v) is 10.8. The zero-order valence-electron chi connectivity index (χ0n) is 48.7. The molecular formula is C70H78O12. The van der Waals surface area contributed by atoms with Gasteiger partial charge in [0, 0.05) is 29.3 Å². The maximum Gasteiger partial charge on any atom is 0.196 e. The van der Waals surface area contributed by atoms with E-state index in [0.29, 0.717) is 52.4 Å². The summed E-state index contributed by atoms with van der Waals surface area (Å²) in [7, 11) is 3.18. The number of hydrogen-bond acceptors (Lipinski definition) is 12. The van der Waals surface area contributed by atoms with E-state index in [4.69, 9.17) is 42.6 Å². The molecule has 7 aromatic rings. The molecule has 82 heavy (non-hydrogen) atoms. The number of carbonyl (C=O) groups excluding carboxylic acids is 2. The van der Waals surface area contributed by atoms with Crippen LogP contribution in [-0.2, 0) is 16.8 Å². The predicted octanol–water partition coefficient (Wildman–Crippen LogP) is 17.9. The summed E-state index contributed by atoms with van der Waals surface area (Å²) in [5, 5.41) is 9.81. The Balaban J connectivity index is 0.000000339. The molecule has 0 aliphatic rings. The van der Waals surface area contributed by atoms with E-state index >= 15 is 0 Å². The fraction of sp³-hybridized carbons (Fsp3) is 0.171. The van der Waals surface area contributed by atoms with Crippen molar-refractivity contribution in [1.29, 1.82) is 0 Å². The van der Waals surface area contributed by atoms with Crippen molar-refractivity contribution < 1.29 is 57.3 Å². The monoisotopic (exact) mass is 1110 g/mol. The molecule has 7 aromatic carbocycles. The summed E-state index contributed by atoms with van der Waals surface area (Å²) in [6.45, 7) is 39.4. The van der Waals surface area contributed by atoms with E-state index in [1.54, 1.807) is 93.1 Å². The van der Waals surface area contributed by atoms with Crippen LogP contribution in [0.2, 0.25) is 0 Å². The molecule has 430 valence electrons. The highest BCUT2D eigenvalue weighted by Crippen LogP contribution is 2.32. The third-order valence-electron chi connectivity index (χ3n) is 10.8. The third kappa shape index (κ3) is 26.1. The number of ketones is 2. The molecule has 0 heterocycles. The van der Waals surface area contributed by atoms with Crippen LogP contribution in [0.4, 0.5) is 0 Å². The molecule has 12 heteroatoms. The van der Waals surface area contributed by atoms with Gasteiger partial charge in [-0.1, -0.05) is 153 Å². The lowest BCUT2D eigenvalue weighted by atomic mass is 9.87. The summed E-state index contributed by atoms with van der Waals surface area (Å²) in [6, 6.07) is 49.4. The molecule has 0 atom stereocenters. The zero-order chi connectivity index (χ0) is 60.9. The van der Waals surface area contributed by atoms with Crippen LogP contribution < -0.4 is 37.9 Å². The Hall–Kier alpha value is -9.94. The first-order chi connectivity index (χ1) is 39.3. The summed E-state index contributed by atoms with van der Waals surface area (Å²) in [6.07, 6.45) is 8.12. The molecule has 0 aliphatic carbocycles. The molecule has 0 bridgehead atoms. The van der Waals surface area contributed by atoms with E-state index < -0.39 is 0 Å². The molecule has 0 saturated heterocycles. The topological polar surface area (TPSA) is 137 Å². The Morgan fingerprint density at radius 1 is 0.500 bits per heavy atom. The van der Waals surface area contributed by atoms with Crippen LogP contribution >= 0.6 is 0 Å². The van der Waals surface area contributed by atoms with Gasteiger partial charge < -0.3 is 47.7 Å². The lowest BCUT2D eigenvalue weighted by Crippen LogP contribution is -2.10. The number of ether oxygens (including phenoxy) is 9. The number of hydrogen-bond donors (Lipinski definition) is 1. The Kier molecular flexibility index (Phi) is 31.4. The highest BCUT2D eigenvalue weighted by atomic mass is 16.5. The van der Waals surface area contributed by atoms with E-state index in [0.717, 1.165) is 23.0 Å². The second kappa shape index (κ2) is 37.8. The van der Waals surface area contributed by atoms with Gasteiger partial charge >= 0.3 is 0 Å². The second-order valence-electron chi connectivity index (χ2n) is 18.3. The number of phenols is 1. The Morgan fingerprint density at radius 2 is 0.988 bits per heavy atom. The normalized spacial score (nSPS) is 9.68. The fourth-order valence-electron chi connectivity index (χ4n) is 6.61. The quantitative estimate of drug-likeness (QED) is 0.0542. The average molecular weight is 1110 g/mol. The van der Waals surface area contributed by atoms with Gasteiger partial charge in [0.25, 0.3) is 0 Å². The van der Waals surface area contributed by atoms with Crippen molar-refractivity contribution in [3.8, 4) is 51.7 Å². The number of Topliss-reactive ketones (excluding diaryl/α,β-unsaturated/α-hetero) is 1. The van der Waals surface area contributed by atoms with Crippen LogP contribution in [0.25, 0.3) is 0 Å². The van der Waals surface area contributed by atoms with Crippen LogP contribution in [0.1, 0.15) is 97.4 Å². The van der Waals surface area contributed by atoms with Crippen molar-refractivity contribution in [2.75, 3.05) is 14.2 Å². The minimum atomic E-state index is -0.224. The maximum absolute atomic E-state index is 12.1. The van der Waals surface area contributed by atoms with Crippen LogP contribution in [0.3, 0.4) is 0 Å². The minimum absolute atomic E-state index is 0.0557. The summed E-state index contributed by atoms with van der Waals surface area (Å²) >= 11 is 0. The van der Waals surface area contributed by atoms with Gasteiger partial charge in [-0.2, -0.15) is 0 Å². The zero-order valence-corrected chi connectivity index (χ0v) is 48.7. The van der Waals surface area contributed by atoms with Gasteiger partial charge in [0.15, 0.2) is 23.1 Å². The maximum atomic E-state index is 12.1. The summed E-state index contributed by atoms with van der Waals surface area (Å²) in [5.41, 5.74) is 5.50. The largest absolute Gasteiger partial charge is 0.507 e. The number of methoxy groups -OCH3 is 2. The molecule has 1 N–H and O–H groups in total. The summed E-state index contributed by atoms with van der Waals surface area (Å²) in [4.78, 5) is 23.0. The van der Waals surface area contributed by atoms with Gasteiger partial charge in [-0.05, 0) is 115 Å². The minimum Gasteiger partial charge on any atom is -0.507 e. The molecule has 0 radical (unpaired) electrons. The molecule has 0 aromatic heterocycles. The standard InChI is InChI=1S/C15H12O3.C14H20O.C11H12O3.C11H14O.C10H10O2.C9H10O2/c1-2-18-12-8-9-13(14(16)10-12)15(17)11-6-4-3-5-7-11;1-11(2)15-10-12-6-8-13(9-7-12)14(3,4)5;1-4-13-9-6-7-10(14-5-2)11(8-9)12-3;1-4-12-11-7-5-6-10(8-11)9(2)3;1-3-12-10-6-4-9(5-7-10)8(2)11;1-3-11-9-6-4-5-8(7-9)10-2/h2-10,16H,1H2;6-9H,1,10H2,2-5H3;4-8H,1-2H2,3H3;4-9H,1H2,2-3H3;3-7H,1H2,2H3;3-7H,1H2,2H3. The van der Waals surface area contributed by atoms with Gasteiger partial charge in [0.2, 0.25) is 0 Å². The SMILES string of the molecule is C=C(C)OCc1ccc(C(C)(C)C)cc1.C=COc1ccc(C(=O)c2ccccc2)c(O)c1.C=COc1ccc(C(C)=O)cc1.C=COc1ccc(OC=C)c(OC)c1.C=COc1cccc(C(C)C)c1.C=COc1cccc(OC)c1. The van der Waals surface area contributed by atoms with Gasteiger partial charge in [-0.15, -0.1) is 0 Å². The Morgan fingerprint density at radius 3 is 1.48 bits per heavy atom. The molecule has 0 aliphatic heterocycles. The number of phenolic OH excluding ortho intramolecular Hbond substituents is 1. The number of allylic oxidation sites excluding steroid dienone is 1. The molecule has 0 unspecified atom stereocenters. The molecule has 0 spiro atoms. The van der Waals surface area contributed by atoms with E-state index in [1.807, 2.05) is 49.4 Å². The molecule has 7 rings (SSSR count). The van der Waals surface area contributed by atoms with Gasteiger partial charge in [0.05, 0.1) is 63.1 Å². The fourth-order valence-corrected chi connectivity index (χ4v) is 6.61. The number of aromatic hydroxyl groups is 1. The van der Waals surface area contributed by atoms with Crippen LogP contribution in [-0.4, -0.2) is 30.9 Å². The summed E-state index contributed by atoms with van der Waals surface area (Å²) < 4.78 is 45.9. The first-order valence-corrected chi connectivity index (χ1v) is 25.8. The highest BCUT2D eigenvalue weighted by molar-refractivity contribution is 6.10. The van der Waals surface area contributed by atoms with Gasteiger partial charge in [-0.25, -0.2) is 0 Å². The first kappa shape index (κ1) is 68.2. The van der Waals surface area contributed by atoms with Crippen LogP contribution in [0.15, 0.2) is 253 Å². The summed E-state index contributed by atoms with van der Waals surface area (Å²) in [5.74, 6) is 6.35. The van der Waals surface area contributed by atoms with Crippen molar-refractivity contribution in [1.82, 2.24) is 0 Å². The number of rotatable bonds is 21. The Labute approximate surface area is 485 Å². The number of benzene rings is 7. The van der Waals surface area contributed by atoms with Crippen molar-refractivity contribution in [3.05, 3.63) is 287 Å². The van der Waals surface area contributed by atoms with Crippen molar-refractivity contribution in [2.24, 2.45) is 0 Å². The smallest absolute Gasteiger partial charge is 0.196 e. The van der Waals surface area contributed by atoms with Crippen molar-refractivity contribution in [2.45, 2.75) is 66.4 Å². The first-order valence-electron chi connectivity index (χ1n) is 25.8. The van der Waals surface area contributed by atoms with Crippen LogP contribution in [0.5, 0.6) is 51.7 Å². The van der Waals surface area contributed by atoms with E-state index in [1.165, 1.54) is 73.3 Å². The predicted molar refractivity (Wildman–Crippen MR) is 331 cm³/mol. The van der Waals surface area contributed by atoms with E-state index in [2.05, 4.69) is 111 Å². The lowest BCUT2D eigenvalue weighted by Gasteiger charge is -2.19. The second-order valence-corrected chi connectivity index (χ2v) is 18.3. The molecule has 0 amide bonds. The van der Waals surface area contributed by atoms with Crippen LogP contribution in [0, 0.1) is 0 Å². The van der Waals surface area contributed by atoms with Gasteiger partial charge in [0.1, 0.15) is 46.9 Å². The Bertz CT molecular complexity index is 3090. The number of carbonyl (C=O) groups is 2. The molecule has 0 fully saturated rings. The average Bonchev–Trinajstić information content (AvgIpc) is 3.46. The molecule has 0 saturated carbocycles. The van der Waals surface area contributed by atoms with E-state index in [-0.39, 0.29) is 28.3 Å². The molecular weight excluding hydrogens is 1030 g/mol. The van der Waals surface area contributed by atoms with Crippen molar-refractivity contribution >= 4 is 11.6 Å². The van der Waals surface area contributed by atoms with E-state index in [9.17, 15) is 14.7 Å². The molecule has 12 nitrogen and oxygen atoms in total. The lowest BCUT2D eigenvalue weighted by molar-refractivity contribution is 0.101. The van der Waals surface area contributed by atoms with Gasteiger partial charge in [-0.3, -0.25) is 9.59 Å². The van der Waals surface area contributed by atoms with Crippen molar-refractivity contribution in [3.63, 3.8) is 0 Å².